The molecule has 0 saturated carbocycles. The van der Waals surface area contributed by atoms with Gasteiger partial charge in [0.25, 0.3) is 0 Å². The number of ether oxygens (including phenoxy) is 2. The van der Waals surface area contributed by atoms with E-state index in [2.05, 4.69) is 41.7 Å². The summed E-state index contributed by atoms with van der Waals surface area (Å²) >= 11 is 0. The fourth-order valence-corrected chi connectivity index (χ4v) is 2.44. The van der Waals surface area contributed by atoms with Crippen molar-refractivity contribution in [3.8, 4) is 11.5 Å². The molecule has 0 radical (unpaired) electrons. The number of nitrogens with one attached hydrogen (secondary N) is 1. The molecule has 2 aromatic carbocycles. The first-order valence-electron chi connectivity index (χ1n) is 7.59. The molecule has 0 aromatic heterocycles. The van der Waals surface area contributed by atoms with Crippen LogP contribution in [-0.4, -0.2) is 19.8 Å². The lowest BCUT2D eigenvalue weighted by Gasteiger charge is -2.11. The summed E-state index contributed by atoms with van der Waals surface area (Å²) in [6.45, 7) is 2.41. The van der Waals surface area contributed by atoms with Crippen LogP contribution in [0.1, 0.15) is 18.4 Å². The highest BCUT2D eigenvalue weighted by Crippen LogP contribution is 2.32. The third kappa shape index (κ3) is 3.91. The zero-order chi connectivity index (χ0) is 14.3. The number of aryl methyl sites for hydroxylation is 1. The molecule has 0 bridgehead atoms. The predicted octanol–water partition coefficient (Wildman–Crippen LogP) is 3.89. The van der Waals surface area contributed by atoms with Crippen molar-refractivity contribution in [3.05, 3.63) is 54.1 Å². The first-order valence-corrected chi connectivity index (χ1v) is 7.59. The molecule has 1 N–H and O–H groups in total. The number of hydrogen-bond donors (Lipinski definition) is 1. The molecule has 3 rings (SSSR count). The minimum atomic E-state index is 0.727. The smallest absolute Gasteiger partial charge is 0.163 e. The maximum absolute atomic E-state index is 5.70. The molecule has 0 spiro atoms. The fourth-order valence-electron chi connectivity index (χ4n) is 2.44. The number of benzene rings is 2. The molecule has 0 atom stereocenters. The Labute approximate surface area is 125 Å². The average molecular weight is 283 g/mol. The molecule has 21 heavy (non-hydrogen) atoms. The van der Waals surface area contributed by atoms with E-state index in [1.54, 1.807) is 0 Å². The summed E-state index contributed by atoms with van der Waals surface area (Å²) in [5.74, 6) is 1.70. The van der Waals surface area contributed by atoms with Gasteiger partial charge in [-0.1, -0.05) is 30.3 Å². The lowest BCUT2D eigenvalue weighted by molar-refractivity contribution is 0.297. The minimum absolute atomic E-state index is 0.727. The van der Waals surface area contributed by atoms with Crippen LogP contribution >= 0.6 is 0 Å². The van der Waals surface area contributed by atoms with Gasteiger partial charge in [0.15, 0.2) is 11.5 Å². The van der Waals surface area contributed by atoms with Crippen LogP contribution in [0.2, 0.25) is 0 Å². The molecule has 1 heterocycles. The Balaban J connectivity index is 1.50. The van der Waals surface area contributed by atoms with E-state index in [0.29, 0.717) is 0 Å². The molecule has 110 valence electrons. The van der Waals surface area contributed by atoms with Gasteiger partial charge >= 0.3 is 0 Å². The van der Waals surface area contributed by atoms with E-state index in [1.807, 2.05) is 12.1 Å². The highest BCUT2D eigenvalue weighted by molar-refractivity contribution is 5.54. The van der Waals surface area contributed by atoms with Crippen LogP contribution in [0.3, 0.4) is 0 Å². The Morgan fingerprint density at radius 1 is 0.905 bits per heavy atom. The number of rotatable bonds is 5. The van der Waals surface area contributed by atoms with Gasteiger partial charge < -0.3 is 14.8 Å². The molecule has 1 aliphatic heterocycles. The third-order valence-electron chi connectivity index (χ3n) is 3.56. The summed E-state index contributed by atoms with van der Waals surface area (Å²) < 4.78 is 11.3. The Morgan fingerprint density at radius 3 is 2.57 bits per heavy atom. The summed E-state index contributed by atoms with van der Waals surface area (Å²) in [7, 11) is 0. The van der Waals surface area contributed by atoms with Crippen LogP contribution in [0.4, 0.5) is 5.69 Å². The normalized spacial score (nSPS) is 13.5. The van der Waals surface area contributed by atoms with E-state index in [0.717, 1.165) is 56.2 Å². The van der Waals surface area contributed by atoms with Gasteiger partial charge in [-0.3, -0.25) is 0 Å². The summed E-state index contributed by atoms with van der Waals surface area (Å²) in [4.78, 5) is 0. The van der Waals surface area contributed by atoms with E-state index in [9.17, 15) is 0 Å². The SMILES string of the molecule is c1ccc(CCCNc2ccc3c(c2)OCCCO3)cc1. The minimum Gasteiger partial charge on any atom is -0.490 e. The van der Waals surface area contributed by atoms with Gasteiger partial charge in [0.05, 0.1) is 13.2 Å². The summed E-state index contributed by atoms with van der Waals surface area (Å²) in [6, 6.07) is 16.7. The largest absolute Gasteiger partial charge is 0.490 e. The lowest BCUT2D eigenvalue weighted by Crippen LogP contribution is -2.03. The van der Waals surface area contributed by atoms with Gasteiger partial charge in [0, 0.05) is 24.7 Å². The molecular formula is C18H21NO2. The van der Waals surface area contributed by atoms with E-state index < -0.39 is 0 Å². The Kier molecular flexibility index (Phi) is 4.62. The molecule has 0 fully saturated rings. The van der Waals surface area contributed by atoms with Gasteiger partial charge in [-0.25, -0.2) is 0 Å². The third-order valence-corrected chi connectivity index (χ3v) is 3.56. The van der Waals surface area contributed by atoms with E-state index >= 15 is 0 Å². The van der Waals surface area contributed by atoms with Crippen LogP contribution in [-0.2, 0) is 6.42 Å². The van der Waals surface area contributed by atoms with Crippen LogP contribution in [0.25, 0.3) is 0 Å². The molecule has 2 aromatic rings. The second-order valence-electron chi connectivity index (χ2n) is 5.23. The maximum Gasteiger partial charge on any atom is 0.163 e. The van der Waals surface area contributed by atoms with Gasteiger partial charge in [-0.05, 0) is 30.5 Å². The summed E-state index contributed by atoms with van der Waals surface area (Å²) in [6.07, 6.45) is 3.14. The van der Waals surface area contributed by atoms with Gasteiger partial charge in [0.1, 0.15) is 0 Å². The van der Waals surface area contributed by atoms with Crippen LogP contribution < -0.4 is 14.8 Å². The highest BCUT2D eigenvalue weighted by atomic mass is 16.5. The Morgan fingerprint density at radius 2 is 1.71 bits per heavy atom. The lowest BCUT2D eigenvalue weighted by atomic mass is 10.1. The predicted molar refractivity (Wildman–Crippen MR) is 85.3 cm³/mol. The van der Waals surface area contributed by atoms with Crippen molar-refractivity contribution in [3.63, 3.8) is 0 Å². The first kappa shape index (κ1) is 13.8. The molecular weight excluding hydrogens is 262 g/mol. The second kappa shape index (κ2) is 7.02. The monoisotopic (exact) mass is 283 g/mol. The van der Waals surface area contributed by atoms with Crippen molar-refractivity contribution in [1.82, 2.24) is 0 Å². The number of anilines is 1. The summed E-state index contributed by atoms with van der Waals surface area (Å²) in [5.41, 5.74) is 2.48. The summed E-state index contributed by atoms with van der Waals surface area (Å²) in [5, 5.41) is 3.45. The van der Waals surface area contributed by atoms with Gasteiger partial charge in [-0.15, -0.1) is 0 Å². The molecule has 0 unspecified atom stereocenters. The number of hydrogen-bond acceptors (Lipinski definition) is 3. The zero-order valence-electron chi connectivity index (χ0n) is 12.2. The molecule has 0 amide bonds. The van der Waals surface area contributed by atoms with Crippen molar-refractivity contribution in [2.45, 2.75) is 19.3 Å². The van der Waals surface area contributed by atoms with Crippen LogP contribution in [0.5, 0.6) is 11.5 Å². The van der Waals surface area contributed by atoms with Gasteiger partial charge in [-0.2, -0.15) is 0 Å². The fraction of sp³-hybridized carbons (Fsp3) is 0.333. The molecule has 0 aliphatic carbocycles. The van der Waals surface area contributed by atoms with Crippen molar-refractivity contribution in [2.24, 2.45) is 0 Å². The Hall–Kier alpha value is -2.16. The Bertz CT molecular complexity index is 569. The highest BCUT2D eigenvalue weighted by Gasteiger charge is 2.10. The van der Waals surface area contributed by atoms with Crippen molar-refractivity contribution < 1.29 is 9.47 Å². The molecule has 0 saturated heterocycles. The van der Waals surface area contributed by atoms with Crippen molar-refractivity contribution >= 4 is 5.69 Å². The van der Waals surface area contributed by atoms with Crippen LogP contribution in [0, 0.1) is 0 Å². The molecule has 3 nitrogen and oxygen atoms in total. The van der Waals surface area contributed by atoms with Crippen LogP contribution in [0.15, 0.2) is 48.5 Å². The van der Waals surface area contributed by atoms with Crippen molar-refractivity contribution in [1.29, 1.82) is 0 Å². The van der Waals surface area contributed by atoms with E-state index in [-0.39, 0.29) is 0 Å². The average Bonchev–Trinajstić information content (AvgIpc) is 2.77. The second-order valence-corrected chi connectivity index (χ2v) is 5.23. The van der Waals surface area contributed by atoms with E-state index in [4.69, 9.17) is 9.47 Å². The number of fused-ring (bicyclic) bond motifs is 1. The molecule has 1 aliphatic rings. The maximum atomic E-state index is 5.70. The quantitative estimate of drug-likeness (QED) is 0.844. The van der Waals surface area contributed by atoms with E-state index in [1.165, 1.54) is 5.56 Å². The zero-order valence-corrected chi connectivity index (χ0v) is 12.2. The van der Waals surface area contributed by atoms with Crippen molar-refractivity contribution in [2.75, 3.05) is 25.1 Å². The molecule has 3 heteroatoms. The topological polar surface area (TPSA) is 30.5 Å². The first-order chi connectivity index (χ1) is 10.4. The van der Waals surface area contributed by atoms with Gasteiger partial charge in [0.2, 0.25) is 0 Å². The standard InChI is InChI=1S/C18H21NO2/c1-2-6-15(7-3-1)8-4-11-19-16-9-10-17-18(14-16)21-13-5-12-20-17/h1-3,6-7,9-10,14,19H,4-5,8,11-13H2.